The molecular formula is C7H14ClN3O2. The Hall–Kier alpha value is -0.840. The van der Waals surface area contributed by atoms with E-state index >= 15 is 0 Å². The molecule has 0 fully saturated rings. The summed E-state index contributed by atoms with van der Waals surface area (Å²) in [5, 5.41) is 3.48. The van der Waals surface area contributed by atoms with E-state index in [4.69, 9.17) is 11.6 Å². The van der Waals surface area contributed by atoms with Crippen LogP contribution in [0.1, 0.15) is 13.8 Å². The Morgan fingerprint density at radius 2 is 2.00 bits per heavy atom. The number of carbonyl (C=O) groups is 1. The van der Waals surface area contributed by atoms with Crippen molar-refractivity contribution in [2.75, 3.05) is 25.5 Å². The second kappa shape index (κ2) is 6.65. The molecule has 0 aliphatic carbocycles. The van der Waals surface area contributed by atoms with E-state index in [-0.39, 0.29) is 12.6 Å². The summed E-state index contributed by atoms with van der Waals surface area (Å²) in [7, 11) is 0. The maximum atomic E-state index is 11.4. The average Bonchev–Trinajstić information content (AvgIpc) is 2.15. The highest BCUT2D eigenvalue weighted by Gasteiger charge is 2.17. The van der Waals surface area contributed by atoms with Crippen molar-refractivity contribution >= 4 is 17.6 Å². The Labute approximate surface area is 82.6 Å². The molecule has 0 rings (SSSR count). The van der Waals surface area contributed by atoms with Crippen LogP contribution in [0.3, 0.4) is 0 Å². The zero-order valence-corrected chi connectivity index (χ0v) is 8.62. The lowest BCUT2D eigenvalue weighted by Gasteiger charge is -2.22. The van der Waals surface area contributed by atoms with E-state index in [9.17, 15) is 9.70 Å². The summed E-state index contributed by atoms with van der Waals surface area (Å²) in [5.41, 5.74) is 0. The second-order valence-corrected chi connectivity index (χ2v) is 2.73. The van der Waals surface area contributed by atoms with Gasteiger partial charge in [-0.05, 0) is 13.8 Å². The van der Waals surface area contributed by atoms with Crippen molar-refractivity contribution in [1.29, 1.82) is 0 Å². The minimum Gasteiger partial charge on any atom is -0.322 e. The van der Waals surface area contributed by atoms with Gasteiger partial charge in [0.1, 0.15) is 0 Å². The number of nitrogens with zero attached hydrogens (tertiary/aromatic N) is 3. The van der Waals surface area contributed by atoms with Crippen molar-refractivity contribution in [1.82, 2.24) is 9.91 Å². The van der Waals surface area contributed by atoms with Gasteiger partial charge < -0.3 is 4.90 Å². The summed E-state index contributed by atoms with van der Waals surface area (Å²) in [6.07, 6.45) is 0. The molecule has 0 aromatic rings. The second-order valence-electron chi connectivity index (χ2n) is 2.35. The minimum atomic E-state index is -0.388. The lowest BCUT2D eigenvalue weighted by Crippen LogP contribution is -2.41. The molecular weight excluding hydrogens is 194 g/mol. The van der Waals surface area contributed by atoms with E-state index in [0.29, 0.717) is 19.0 Å². The molecule has 0 bridgehead atoms. The molecule has 0 heterocycles. The molecule has 2 amide bonds. The van der Waals surface area contributed by atoms with Crippen LogP contribution in [0.4, 0.5) is 4.79 Å². The molecule has 76 valence electrons. The summed E-state index contributed by atoms with van der Waals surface area (Å²) in [6, 6.07) is -0.388. The number of hydrogen-bond donors (Lipinski definition) is 0. The molecule has 0 radical (unpaired) electrons. The van der Waals surface area contributed by atoms with Gasteiger partial charge in [-0.1, -0.05) is 0 Å². The predicted octanol–water partition coefficient (Wildman–Crippen LogP) is 1.67. The van der Waals surface area contributed by atoms with E-state index in [2.05, 4.69) is 5.29 Å². The minimum absolute atomic E-state index is 0.279. The van der Waals surface area contributed by atoms with Gasteiger partial charge >= 0.3 is 6.03 Å². The SMILES string of the molecule is CCN(CCCl)C(=O)N(CC)N=O. The first-order valence-corrected chi connectivity index (χ1v) is 4.70. The van der Waals surface area contributed by atoms with Crippen LogP contribution in [-0.2, 0) is 0 Å². The van der Waals surface area contributed by atoms with Crippen LogP contribution in [-0.4, -0.2) is 41.5 Å². The number of urea groups is 1. The summed E-state index contributed by atoms with van der Waals surface area (Å²) < 4.78 is 0. The third-order valence-electron chi connectivity index (χ3n) is 1.63. The third kappa shape index (κ3) is 3.59. The lowest BCUT2D eigenvalue weighted by molar-refractivity contribution is 0.161. The standard InChI is InChI=1S/C7H14ClN3O2/c1-3-10(6-5-8)7(12)11(4-2)9-13/h3-6H2,1-2H3. The van der Waals surface area contributed by atoms with Crippen LogP contribution >= 0.6 is 11.6 Å². The van der Waals surface area contributed by atoms with Gasteiger partial charge in [0.15, 0.2) is 0 Å². The molecule has 0 atom stereocenters. The van der Waals surface area contributed by atoms with Crippen LogP contribution in [0.2, 0.25) is 0 Å². The molecule has 0 aliphatic rings. The molecule has 0 aliphatic heterocycles. The first kappa shape index (κ1) is 12.2. The fourth-order valence-electron chi connectivity index (χ4n) is 0.882. The van der Waals surface area contributed by atoms with E-state index in [1.54, 1.807) is 6.92 Å². The normalized spacial score (nSPS) is 9.46. The largest absolute Gasteiger partial charge is 0.343 e. The van der Waals surface area contributed by atoms with Crippen molar-refractivity contribution in [2.24, 2.45) is 5.29 Å². The molecule has 0 unspecified atom stereocenters. The van der Waals surface area contributed by atoms with Gasteiger partial charge in [-0.2, -0.15) is 5.01 Å². The van der Waals surface area contributed by atoms with Crippen LogP contribution in [0, 0.1) is 4.91 Å². The number of amides is 2. The fraction of sp³-hybridized carbons (Fsp3) is 0.857. The molecule has 0 saturated carbocycles. The van der Waals surface area contributed by atoms with Crippen molar-refractivity contribution < 1.29 is 4.79 Å². The van der Waals surface area contributed by atoms with Crippen LogP contribution < -0.4 is 0 Å². The van der Waals surface area contributed by atoms with Gasteiger partial charge in [0, 0.05) is 25.5 Å². The van der Waals surface area contributed by atoms with Crippen LogP contribution in [0.5, 0.6) is 0 Å². The maximum absolute atomic E-state index is 11.4. The Bertz CT molecular complexity index is 177. The smallest absolute Gasteiger partial charge is 0.322 e. The Kier molecular flexibility index (Phi) is 6.22. The summed E-state index contributed by atoms with van der Waals surface area (Å²) >= 11 is 5.49. The molecule has 0 saturated heterocycles. The summed E-state index contributed by atoms with van der Waals surface area (Å²) in [5.74, 6) is 0.357. The molecule has 6 heteroatoms. The number of halogens is 1. The number of carbonyl (C=O) groups excluding carboxylic acids is 1. The number of rotatable bonds is 5. The molecule has 0 spiro atoms. The Balaban J connectivity index is 4.24. The first-order chi connectivity index (χ1) is 6.21. The third-order valence-corrected chi connectivity index (χ3v) is 1.79. The number of hydrogen-bond acceptors (Lipinski definition) is 3. The highest BCUT2D eigenvalue weighted by atomic mass is 35.5. The van der Waals surface area contributed by atoms with Crippen molar-refractivity contribution in [3.63, 3.8) is 0 Å². The van der Waals surface area contributed by atoms with Gasteiger partial charge in [-0.15, -0.1) is 16.5 Å². The van der Waals surface area contributed by atoms with Gasteiger partial charge in [0.25, 0.3) is 0 Å². The molecule has 0 N–H and O–H groups in total. The predicted molar refractivity (Wildman–Crippen MR) is 51.5 cm³/mol. The Morgan fingerprint density at radius 1 is 1.38 bits per heavy atom. The van der Waals surface area contributed by atoms with Crippen LogP contribution in [0.15, 0.2) is 5.29 Å². The molecule has 5 nitrogen and oxygen atoms in total. The summed E-state index contributed by atoms with van der Waals surface area (Å²) in [6.45, 7) is 4.75. The quantitative estimate of drug-likeness (QED) is 0.391. The van der Waals surface area contributed by atoms with E-state index in [0.717, 1.165) is 5.01 Å². The molecule has 13 heavy (non-hydrogen) atoms. The monoisotopic (exact) mass is 207 g/mol. The van der Waals surface area contributed by atoms with Crippen molar-refractivity contribution in [2.45, 2.75) is 13.8 Å². The van der Waals surface area contributed by atoms with Gasteiger partial charge in [-0.25, -0.2) is 4.79 Å². The molecule has 0 aromatic carbocycles. The lowest BCUT2D eigenvalue weighted by atomic mass is 10.5. The van der Waals surface area contributed by atoms with Gasteiger partial charge in [-0.3, -0.25) is 0 Å². The van der Waals surface area contributed by atoms with Gasteiger partial charge in [0.2, 0.25) is 0 Å². The fourth-order valence-corrected chi connectivity index (χ4v) is 1.09. The zero-order valence-electron chi connectivity index (χ0n) is 7.86. The topological polar surface area (TPSA) is 53.0 Å². The maximum Gasteiger partial charge on any atom is 0.343 e. The van der Waals surface area contributed by atoms with Crippen LogP contribution in [0.25, 0.3) is 0 Å². The van der Waals surface area contributed by atoms with Crippen molar-refractivity contribution in [3.05, 3.63) is 4.91 Å². The molecule has 0 aromatic heterocycles. The van der Waals surface area contributed by atoms with E-state index in [1.165, 1.54) is 4.90 Å². The highest BCUT2D eigenvalue weighted by molar-refractivity contribution is 6.18. The first-order valence-electron chi connectivity index (χ1n) is 4.16. The zero-order chi connectivity index (χ0) is 10.3. The number of alkyl halides is 1. The highest BCUT2D eigenvalue weighted by Crippen LogP contribution is 1.99. The Morgan fingerprint density at radius 3 is 2.31 bits per heavy atom. The van der Waals surface area contributed by atoms with E-state index in [1.807, 2.05) is 6.92 Å². The van der Waals surface area contributed by atoms with Crippen molar-refractivity contribution in [3.8, 4) is 0 Å². The number of nitroso groups, excluding NO2 is 1. The van der Waals surface area contributed by atoms with Gasteiger partial charge in [0.05, 0.1) is 5.29 Å². The summed E-state index contributed by atoms with van der Waals surface area (Å²) in [4.78, 5) is 23.1. The van der Waals surface area contributed by atoms with E-state index < -0.39 is 0 Å². The average molecular weight is 208 g/mol.